The van der Waals surface area contributed by atoms with Crippen molar-refractivity contribution in [2.24, 2.45) is 5.92 Å². The standard InChI is InChI=1S/C10H13NO2/c12-10(13)8-4-3-5-9(8)11-6-1-2-7-11/h1-2,6-9H,3-5H2,(H,12,13)/t8-,9+/m1/s1. The Balaban J connectivity index is 2.19. The zero-order chi connectivity index (χ0) is 9.26. The summed E-state index contributed by atoms with van der Waals surface area (Å²) in [5, 5.41) is 8.97. The van der Waals surface area contributed by atoms with Gasteiger partial charge < -0.3 is 9.67 Å². The largest absolute Gasteiger partial charge is 0.481 e. The van der Waals surface area contributed by atoms with Crippen molar-refractivity contribution >= 4 is 5.97 Å². The van der Waals surface area contributed by atoms with Crippen LogP contribution in [0.15, 0.2) is 24.5 Å². The Morgan fingerprint density at radius 2 is 2.00 bits per heavy atom. The fraction of sp³-hybridized carbons (Fsp3) is 0.500. The van der Waals surface area contributed by atoms with E-state index in [0.717, 1.165) is 19.3 Å². The van der Waals surface area contributed by atoms with Crippen molar-refractivity contribution in [2.45, 2.75) is 25.3 Å². The van der Waals surface area contributed by atoms with E-state index in [2.05, 4.69) is 0 Å². The quantitative estimate of drug-likeness (QED) is 0.753. The van der Waals surface area contributed by atoms with Crippen molar-refractivity contribution < 1.29 is 9.90 Å². The van der Waals surface area contributed by atoms with Crippen LogP contribution in [0, 0.1) is 5.92 Å². The van der Waals surface area contributed by atoms with Gasteiger partial charge in [-0.25, -0.2) is 0 Å². The summed E-state index contributed by atoms with van der Waals surface area (Å²) in [6.45, 7) is 0. The van der Waals surface area contributed by atoms with Gasteiger partial charge >= 0.3 is 5.97 Å². The molecule has 1 fully saturated rings. The van der Waals surface area contributed by atoms with E-state index in [-0.39, 0.29) is 12.0 Å². The molecular weight excluding hydrogens is 166 g/mol. The molecule has 3 nitrogen and oxygen atoms in total. The number of hydrogen-bond acceptors (Lipinski definition) is 1. The molecule has 3 heteroatoms. The molecule has 2 rings (SSSR count). The van der Waals surface area contributed by atoms with Gasteiger partial charge in [-0.05, 0) is 25.0 Å². The van der Waals surface area contributed by atoms with Crippen LogP contribution in [0.2, 0.25) is 0 Å². The Labute approximate surface area is 77.0 Å². The second-order valence-electron chi connectivity index (χ2n) is 3.57. The molecule has 0 saturated heterocycles. The van der Waals surface area contributed by atoms with Crippen LogP contribution in [0.4, 0.5) is 0 Å². The monoisotopic (exact) mass is 179 g/mol. The zero-order valence-electron chi connectivity index (χ0n) is 7.39. The van der Waals surface area contributed by atoms with Crippen molar-refractivity contribution in [1.29, 1.82) is 0 Å². The number of carbonyl (C=O) groups is 1. The van der Waals surface area contributed by atoms with Gasteiger partial charge in [0.2, 0.25) is 0 Å². The van der Waals surface area contributed by atoms with Gasteiger partial charge in [0.05, 0.1) is 5.92 Å². The average molecular weight is 179 g/mol. The lowest BCUT2D eigenvalue weighted by Crippen LogP contribution is -2.20. The lowest BCUT2D eigenvalue weighted by Gasteiger charge is -2.17. The third kappa shape index (κ3) is 1.46. The van der Waals surface area contributed by atoms with Gasteiger partial charge in [0.1, 0.15) is 0 Å². The van der Waals surface area contributed by atoms with Crippen LogP contribution in [-0.4, -0.2) is 15.6 Å². The molecule has 0 aromatic carbocycles. The third-order valence-corrected chi connectivity index (χ3v) is 2.81. The Morgan fingerprint density at radius 1 is 1.31 bits per heavy atom. The number of aromatic nitrogens is 1. The molecule has 1 aliphatic rings. The molecule has 1 aliphatic carbocycles. The number of rotatable bonds is 2. The SMILES string of the molecule is O=C(O)[C@@H]1CCC[C@@H]1n1cccc1. The normalized spacial score (nSPS) is 27.7. The molecule has 0 unspecified atom stereocenters. The number of carboxylic acid groups (broad SMARTS) is 1. The summed E-state index contributed by atoms with van der Waals surface area (Å²) in [6.07, 6.45) is 6.74. The van der Waals surface area contributed by atoms with E-state index in [4.69, 9.17) is 5.11 Å². The molecule has 0 bridgehead atoms. The number of nitrogens with zero attached hydrogens (tertiary/aromatic N) is 1. The van der Waals surface area contributed by atoms with E-state index in [1.54, 1.807) is 0 Å². The van der Waals surface area contributed by atoms with Crippen molar-refractivity contribution in [3.05, 3.63) is 24.5 Å². The highest BCUT2D eigenvalue weighted by molar-refractivity contribution is 5.71. The maximum absolute atomic E-state index is 10.9. The molecule has 1 saturated carbocycles. The molecule has 0 radical (unpaired) electrons. The summed E-state index contributed by atoms with van der Waals surface area (Å²) >= 11 is 0. The summed E-state index contributed by atoms with van der Waals surface area (Å²) in [5.41, 5.74) is 0. The Hall–Kier alpha value is -1.25. The Bertz CT molecular complexity index is 292. The first kappa shape index (κ1) is 8.35. The minimum absolute atomic E-state index is 0.174. The first-order valence-corrected chi connectivity index (χ1v) is 4.64. The number of carboxylic acids is 1. The number of hydrogen-bond donors (Lipinski definition) is 1. The van der Waals surface area contributed by atoms with Crippen LogP contribution >= 0.6 is 0 Å². The molecular formula is C10H13NO2. The smallest absolute Gasteiger partial charge is 0.308 e. The first-order valence-electron chi connectivity index (χ1n) is 4.64. The van der Waals surface area contributed by atoms with Crippen LogP contribution in [0.3, 0.4) is 0 Å². The Morgan fingerprint density at radius 3 is 2.62 bits per heavy atom. The first-order chi connectivity index (χ1) is 6.29. The molecule has 0 aliphatic heterocycles. The van der Waals surface area contributed by atoms with Crippen LogP contribution in [0.5, 0.6) is 0 Å². The van der Waals surface area contributed by atoms with E-state index in [1.165, 1.54) is 0 Å². The molecule has 70 valence electrons. The molecule has 1 aromatic heterocycles. The molecule has 0 spiro atoms. The van der Waals surface area contributed by atoms with Crippen molar-refractivity contribution in [1.82, 2.24) is 4.57 Å². The second-order valence-corrected chi connectivity index (χ2v) is 3.57. The van der Waals surface area contributed by atoms with Gasteiger partial charge in [-0.1, -0.05) is 6.42 Å². The summed E-state index contributed by atoms with van der Waals surface area (Å²) in [4.78, 5) is 10.9. The van der Waals surface area contributed by atoms with E-state index in [1.807, 2.05) is 29.1 Å². The Kier molecular flexibility index (Phi) is 2.08. The van der Waals surface area contributed by atoms with E-state index in [0.29, 0.717) is 0 Å². The van der Waals surface area contributed by atoms with E-state index < -0.39 is 5.97 Å². The van der Waals surface area contributed by atoms with Crippen LogP contribution in [0.1, 0.15) is 25.3 Å². The van der Waals surface area contributed by atoms with Gasteiger partial charge in [0.25, 0.3) is 0 Å². The predicted octanol–water partition coefficient (Wildman–Crippen LogP) is 1.91. The highest BCUT2D eigenvalue weighted by atomic mass is 16.4. The van der Waals surface area contributed by atoms with Crippen molar-refractivity contribution in [3.63, 3.8) is 0 Å². The zero-order valence-corrected chi connectivity index (χ0v) is 7.39. The molecule has 2 atom stereocenters. The van der Waals surface area contributed by atoms with Crippen LogP contribution in [0.25, 0.3) is 0 Å². The van der Waals surface area contributed by atoms with E-state index >= 15 is 0 Å². The number of aliphatic carboxylic acids is 1. The highest BCUT2D eigenvalue weighted by Crippen LogP contribution is 2.35. The van der Waals surface area contributed by atoms with E-state index in [9.17, 15) is 4.79 Å². The fourth-order valence-corrected chi connectivity index (χ4v) is 2.15. The lowest BCUT2D eigenvalue weighted by molar-refractivity contribution is -0.142. The summed E-state index contributed by atoms with van der Waals surface area (Å²) in [7, 11) is 0. The average Bonchev–Trinajstić information content (AvgIpc) is 2.74. The van der Waals surface area contributed by atoms with Crippen LogP contribution in [-0.2, 0) is 4.79 Å². The predicted molar refractivity (Wildman–Crippen MR) is 48.4 cm³/mol. The van der Waals surface area contributed by atoms with Gasteiger partial charge in [0.15, 0.2) is 0 Å². The second kappa shape index (κ2) is 3.24. The minimum Gasteiger partial charge on any atom is -0.481 e. The minimum atomic E-state index is -0.656. The third-order valence-electron chi connectivity index (χ3n) is 2.81. The summed E-state index contributed by atoms with van der Waals surface area (Å²) in [5.74, 6) is -0.844. The molecule has 1 N–H and O–H groups in total. The van der Waals surface area contributed by atoms with Crippen LogP contribution < -0.4 is 0 Å². The van der Waals surface area contributed by atoms with Gasteiger partial charge in [0, 0.05) is 18.4 Å². The molecule has 13 heavy (non-hydrogen) atoms. The molecule has 0 amide bonds. The molecule has 1 aromatic rings. The summed E-state index contributed by atoms with van der Waals surface area (Å²) < 4.78 is 2.02. The molecule has 1 heterocycles. The van der Waals surface area contributed by atoms with Gasteiger partial charge in [-0.2, -0.15) is 0 Å². The topological polar surface area (TPSA) is 42.2 Å². The highest BCUT2D eigenvalue weighted by Gasteiger charge is 2.33. The van der Waals surface area contributed by atoms with Crippen molar-refractivity contribution in [3.8, 4) is 0 Å². The van der Waals surface area contributed by atoms with Gasteiger partial charge in [-0.15, -0.1) is 0 Å². The maximum Gasteiger partial charge on any atom is 0.308 e. The van der Waals surface area contributed by atoms with Crippen molar-refractivity contribution in [2.75, 3.05) is 0 Å². The van der Waals surface area contributed by atoms with Gasteiger partial charge in [-0.3, -0.25) is 4.79 Å². The lowest BCUT2D eigenvalue weighted by atomic mass is 10.0. The maximum atomic E-state index is 10.9. The summed E-state index contributed by atoms with van der Waals surface area (Å²) in [6, 6.07) is 4.06. The fourth-order valence-electron chi connectivity index (χ4n) is 2.15.